The molecule has 0 spiro atoms. The molecule has 1 aliphatic carbocycles. The molecule has 3 aromatic rings. The Hall–Kier alpha value is -2.53. The van der Waals surface area contributed by atoms with Crippen molar-refractivity contribution in [2.75, 3.05) is 27.2 Å². The third kappa shape index (κ3) is 6.49. The van der Waals surface area contributed by atoms with Gasteiger partial charge in [0.2, 0.25) is 0 Å². The van der Waals surface area contributed by atoms with Crippen LogP contribution in [0.5, 0.6) is 11.5 Å². The fourth-order valence-electron chi connectivity index (χ4n) is 3.15. The Balaban J connectivity index is 0.000000782. The second-order valence-electron chi connectivity index (χ2n) is 8.21. The molecule has 0 amide bonds. The summed E-state index contributed by atoms with van der Waals surface area (Å²) in [4.78, 5) is 6.95. The zero-order chi connectivity index (χ0) is 21.3. The molecule has 1 aromatic heterocycles. The van der Waals surface area contributed by atoms with E-state index in [9.17, 15) is 5.11 Å². The normalized spacial score (nSPS) is 12.7. The van der Waals surface area contributed by atoms with Crippen molar-refractivity contribution in [1.29, 1.82) is 0 Å². The summed E-state index contributed by atoms with van der Waals surface area (Å²) in [6, 6.07) is 13.4. The van der Waals surface area contributed by atoms with E-state index in [0.29, 0.717) is 6.61 Å². The predicted molar refractivity (Wildman–Crippen MR) is 124 cm³/mol. The van der Waals surface area contributed by atoms with Crippen LogP contribution in [0.1, 0.15) is 45.4 Å². The number of unbranched alkanes of at least 4 members (excludes halogenated alkanes) is 2. The lowest BCUT2D eigenvalue weighted by Gasteiger charge is -2.12. The van der Waals surface area contributed by atoms with Crippen LogP contribution in [-0.4, -0.2) is 46.8 Å². The standard InChI is InChI=1S/C22H29N3O2.C3H6/c1-4-5-6-12-25-21-16-19(27-14-13-24(2)3)10-11-20(21)23-22(25)17-8-7-9-18(26)15-17;1-2-3-1/h7-11,15-16,26H,4-6,12-14H2,1-3H3;1-3H2. The molecule has 1 N–H and O–H groups in total. The highest BCUT2D eigenvalue weighted by Gasteiger charge is 2.14. The van der Waals surface area contributed by atoms with E-state index in [1.807, 2.05) is 38.4 Å². The topological polar surface area (TPSA) is 50.5 Å². The van der Waals surface area contributed by atoms with Gasteiger partial charge in [0, 0.05) is 24.7 Å². The van der Waals surface area contributed by atoms with Gasteiger partial charge in [-0.2, -0.15) is 0 Å². The van der Waals surface area contributed by atoms with E-state index >= 15 is 0 Å². The molecule has 0 saturated heterocycles. The van der Waals surface area contributed by atoms with Gasteiger partial charge in [0.25, 0.3) is 0 Å². The van der Waals surface area contributed by atoms with E-state index in [2.05, 4.69) is 22.5 Å². The number of aryl methyl sites for hydroxylation is 1. The van der Waals surface area contributed by atoms with Crippen LogP contribution < -0.4 is 4.74 Å². The molecule has 4 rings (SSSR count). The first-order chi connectivity index (χ1) is 14.6. The van der Waals surface area contributed by atoms with E-state index in [4.69, 9.17) is 9.72 Å². The average molecular weight is 410 g/mol. The largest absolute Gasteiger partial charge is 0.508 e. The first kappa shape index (κ1) is 22.2. The predicted octanol–water partition coefficient (Wildman–Crippen LogP) is 5.71. The number of hydrogen-bond acceptors (Lipinski definition) is 4. The molecular weight excluding hydrogens is 374 g/mol. The Morgan fingerprint density at radius 2 is 1.87 bits per heavy atom. The summed E-state index contributed by atoms with van der Waals surface area (Å²) in [5.41, 5.74) is 2.95. The van der Waals surface area contributed by atoms with Gasteiger partial charge >= 0.3 is 0 Å². The van der Waals surface area contributed by atoms with Crippen molar-refractivity contribution in [2.24, 2.45) is 0 Å². The first-order valence-electron chi connectivity index (χ1n) is 11.2. The minimum Gasteiger partial charge on any atom is -0.508 e. The Labute approximate surface area is 180 Å². The molecular formula is C25H35N3O2. The molecule has 0 aliphatic heterocycles. The SMILES string of the molecule is C1CC1.CCCCCn1c(-c2cccc(O)c2)nc2ccc(OCCN(C)C)cc21. The summed E-state index contributed by atoms with van der Waals surface area (Å²) in [6.45, 7) is 4.64. The van der Waals surface area contributed by atoms with Gasteiger partial charge in [-0.05, 0) is 44.8 Å². The van der Waals surface area contributed by atoms with Gasteiger partial charge in [0.15, 0.2) is 0 Å². The number of aromatic nitrogens is 2. The Morgan fingerprint density at radius 3 is 2.53 bits per heavy atom. The van der Waals surface area contributed by atoms with Gasteiger partial charge in [0.1, 0.15) is 23.9 Å². The monoisotopic (exact) mass is 409 g/mol. The number of fused-ring (bicyclic) bond motifs is 1. The van der Waals surface area contributed by atoms with Crippen LogP contribution >= 0.6 is 0 Å². The molecule has 1 fully saturated rings. The number of phenolic OH excluding ortho intramolecular Hbond substituents is 1. The summed E-state index contributed by atoms with van der Waals surface area (Å²) in [5, 5.41) is 9.88. The van der Waals surface area contributed by atoms with E-state index in [1.165, 1.54) is 32.1 Å². The molecule has 1 saturated carbocycles. The second kappa shape index (κ2) is 11.0. The van der Waals surface area contributed by atoms with Crippen molar-refractivity contribution in [3.8, 4) is 22.9 Å². The van der Waals surface area contributed by atoms with Crippen LogP contribution in [-0.2, 0) is 6.54 Å². The van der Waals surface area contributed by atoms with Gasteiger partial charge in [-0.3, -0.25) is 0 Å². The molecule has 5 heteroatoms. The minimum absolute atomic E-state index is 0.257. The molecule has 162 valence electrons. The van der Waals surface area contributed by atoms with Gasteiger partial charge in [-0.25, -0.2) is 4.98 Å². The average Bonchev–Trinajstić information content (AvgIpc) is 3.56. The molecule has 0 unspecified atom stereocenters. The fourth-order valence-corrected chi connectivity index (χ4v) is 3.15. The van der Waals surface area contributed by atoms with Crippen molar-refractivity contribution in [2.45, 2.75) is 52.0 Å². The van der Waals surface area contributed by atoms with Crippen LogP contribution in [0.15, 0.2) is 42.5 Å². The fraction of sp³-hybridized carbons (Fsp3) is 0.480. The van der Waals surface area contributed by atoms with Crippen LogP contribution in [0.3, 0.4) is 0 Å². The number of benzene rings is 2. The number of imidazole rings is 1. The number of ether oxygens (including phenoxy) is 1. The van der Waals surface area contributed by atoms with E-state index < -0.39 is 0 Å². The van der Waals surface area contributed by atoms with Crippen LogP contribution in [0, 0.1) is 0 Å². The maximum absolute atomic E-state index is 9.88. The molecule has 30 heavy (non-hydrogen) atoms. The molecule has 1 heterocycles. The van der Waals surface area contributed by atoms with Gasteiger partial charge < -0.3 is 19.3 Å². The lowest BCUT2D eigenvalue weighted by Crippen LogP contribution is -2.19. The Morgan fingerprint density at radius 1 is 1.07 bits per heavy atom. The first-order valence-corrected chi connectivity index (χ1v) is 11.2. The van der Waals surface area contributed by atoms with Crippen molar-refractivity contribution in [3.63, 3.8) is 0 Å². The highest BCUT2D eigenvalue weighted by atomic mass is 16.5. The van der Waals surface area contributed by atoms with Gasteiger partial charge in [-0.15, -0.1) is 0 Å². The molecule has 0 atom stereocenters. The number of aromatic hydroxyl groups is 1. The minimum atomic E-state index is 0.257. The summed E-state index contributed by atoms with van der Waals surface area (Å²) in [7, 11) is 4.08. The summed E-state index contributed by atoms with van der Waals surface area (Å²) in [6.07, 6.45) is 7.95. The van der Waals surface area contributed by atoms with Gasteiger partial charge in [-0.1, -0.05) is 51.2 Å². The zero-order valence-corrected chi connectivity index (χ0v) is 18.6. The maximum atomic E-state index is 9.88. The zero-order valence-electron chi connectivity index (χ0n) is 18.6. The number of rotatable bonds is 9. The van der Waals surface area contributed by atoms with Gasteiger partial charge in [0.05, 0.1) is 11.0 Å². The smallest absolute Gasteiger partial charge is 0.141 e. The third-order valence-electron chi connectivity index (χ3n) is 4.97. The van der Waals surface area contributed by atoms with Crippen molar-refractivity contribution >= 4 is 11.0 Å². The number of phenols is 1. The quantitative estimate of drug-likeness (QED) is 0.460. The number of hydrogen-bond donors (Lipinski definition) is 1. The van der Waals surface area contributed by atoms with Crippen molar-refractivity contribution in [1.82, 2.24) is 14.5 Å². The molecule has 2 aromatic carbocycles. The highest BCUT2D eigenvalue weighted by Crippen LogP contribution is 2.29. The summed E-state index contributed by atoms with van der Waals surface area (Å²) >= 11 is 0. The molecule has 0 bridgehead atoms. The summed E-state index contributed by atoms with van der Waals surface area (Å²) < 4.78 is 8.17. The van der Waals surface area contributed by atoms with Crippen LogP contribution in [0.4, 0.5) is 0 Å². The van der Waals surface area contributed by atoms with Crippen LogP contribution in [0.2, 0.25) is 0 Å². The maximum Gasteiger partial charge on any atom is 0.141 e. The Bertz CT molecular complexity index is 929. The number of nitrogens with zero attached hydrogens (tertiary/aromatic N) is 3. The highest BCUT2D eigenvalue weighted by molar-refractivity contribution is 5.82. The van der Waals surface area contributed by atoms with E-state index in [0.717, 1.165) is 47.7 Å². The van der Waals surface area contributed by atoms with Crippen molar-refractivity contribution in [3.05, 3.63) is 42.5 Å². The third-order valence-corrected chi connectivity index (χ3v) is 4.97. The van der Waals surface area contributed by atoms with Crippen molar-refractivity contribution < 1.29 is 9.84 Å². The van der Waals surface area contributed by atoms with E-state index in [1.54, 1.807) is 12.1 Å². The lowest BCUT2D eigenvalue weighted by molar-refractivity contribution is 0.261. The molecule has 0 radical (unpaired) electrons. The Kier molecular flexibility index (Phi) is 8.14. The summed E-state index contributed by atoms with van der Waals surface area (Å²) in [5.74, 6) is 2.01. The molecule has 1 aliphatic rings. The second-order valence-corrected chi connectivity index (χ2v) is 8.21. The number of likely N-dealkylation sites (N-methyl/N-ethyl adjacent to an activating group) is 1. The van der Waals surface area contributed by atoms with Crippen LogP contribution in [0.25, 0.3) is 22.4 Å². The van der Waals surface area contributed by atoms with E-state index in [-0.39, 0.29) is 5.75 Å². The lowest BCUT2D eigenvalue weighted by atomic mass is 10.2. The molecule has 5 nitrogen and oxygen atoms in total.